The highest BCUT2D eigenvalue weighted by molar-refractivity contribution is 5.77. The monoisotopic (exact) mass is 261 g/mol. The molecule has 19 heavy (non-hydrogen) atoms. The molecule has 1 aromatic rings. The molecule has 4 nitrogen and oxygen atoms in total. The maximum absolute atomic E-state index is 12.0. The van der Waals surface area contributed by atoms with E-state index in [0.717, 1.165) is 31.4 Å². The van der Waals surface area contributed by atoms with Crippen LogP contribution in [-0.4, -0.2) is 36.5 Å². The van der Waals surface area contributed by atoms with Crippen LogP contribution in [0.4, 0.5) is 0 Å². The van der Waals surface area contributed by atoms with Crippen molar-refractivity contribution in [3.05, 3.63) is 35.9 Å². The van der Waals surface area contributed by atoms with E-state index in [1.54, 1.807) is 4.90 Å². The molecule has 1 radical (unpaired) electrons. The molecule has 1 unspecified atom stereocenters. The summed E-state index contributed by atoms with van der Waals surface area (Å²) in [4.78, 5) is 13.8. The molecule has 1 amide bonds. The van der Waals surface area contributed by atoms with Gasteiger partial charge in [0, 0.05) is 19.1 Å². The molecular formula is C15H21N2O2. The first-order valence-corrected chi connectivity index (χ1v) is 6.86. The van der Waals surface area contributed by atoms with Crippen molar-refractivity contribution in [3.8, 4) is 0 Å². The van der Waals surface area contributed by atoms with Crippen molar-refractivity contribution >= 4 is 5.91 Å². The van der Waals surface area contributed by atoms with Crippen molar-refractivity contribution in [1.82, 2.24) is 10.6 Å². The van der Waals surface area contributed by atoms with Crippen LogP contribution in [0.15, 0.2) is 30.3 Å². The third kappa shape index (κ3) is 4.65. The molecule has 1 N–H and O–H groups in total. The summed E-state index contributed by atoms with van der Waals surface area (Å²) in [6.07, 6.45) is 2.94. The Morgan fingerprint density at radius 1 is 1.32 bits per heavy atom. The second kappa shape index (κ2) is 7.26. The molecule has 1 atom stereocenters. The van der Waals surface area contributed by atoms with Gasteiger partial charge < -0.3 is 9.64 Å². The molecular weight excluding hydrogens is 240 g/mol. The standard InChI is InChI=1S/C15H21N2O2/c16-14-8-4-5-9-17(10-14)15(18)12-19-11-13-6-2-1-3-7-13/h1-3,6-7,14,16H,4-5,8-12H2. The SMILES string of the molecule is [NH]C1CCCCN(C(=O)COCc2ccccc2)C1. The number of amides is 1. The number of nitrogens with one attached hydrogen (secondary N) is 1. The summed E-state index contributed by atoms with van der Waals surface area (Å²) in [5, 5.41) is 0. The summed E-state index contributed by atoms with van der Waals surface area (Å²) in [6, 6.07) is 9.70. The second-order valence-corrected chi connectivity index (χ2v) is 5.01. The maximum atomic E-state index is 12.0. The summed E-state index contributed by atoms with van der Waals surface area (Å²) in [7, 11) is 0. The van der Waals surface area contributed by atoms with Crippen LogP contribution in [0.25, 0.3) is 0 Å². The number of hydrogen-bond donors (Lipinski definition) is 0. The van der Waals surface area contributed by atoms with Crippen LogP contribution in [-0.2, 0) is 16.1 Å². The van der Waals surface area contributed by atoms with E-state index in [4.69, 9.17) is 10.5 Å². The lowest BCUT2D eigenvalue weighted by molar-refractivity contribution is -0.136. The highest BCUT2D eigenvalue weighted by Gasteiger charge is 2.19. The van der Waals surface area contributed by atoms with Crippen molar-refractivity contribution in [2.24, 2.45) is 0 Å². The Hall–Kier alpha value is -1.39. The van der Waals surface area contributed by atoms with Crippen molar-refractivity contribution in [2.45, 2.75) is 31.9 Å². The van der Waals surface area contributed by atoms with Crippen molar-refractivity contribution in [2.75, 3.05) is 19.7 Å². The summed E-state index contributed by atoms with van der Waals surface area (Å²) < 4.78 is 5.46. The molecule has 0 bridgehead atoms. The smallest absolute Gasteiger partial charge is 0.248 e. The molecule has 0 aliphatic carbocycles. The summed E-state index contributed by atoms with van der Waals surface area (Å²) in [6.45, 7) is 1.89. The highest BCUT2D eigenvalue weighted by Crippen LogP contribution is 2.10. The number of nitrogens with zero attached hydrogens (tertiary/aromatic N) is 1. The minimum atomic E-state index is -0.138. The van der Waals surface area contributed by atoms with Crippen LogP contribution >= 0.6 is 0 Å². The van der Waals surface area contributed by atoms with E-state index >= 15 is 0 Å². The van der Waals surface area contributed by atoms with E-state index in [1.165, 1.54) is 0 Å². The normalized spacial score (nSPS) is 20.1. The van der Waals surface area contributed by atoms with Crippen LogP contribution in [0.3, 0.4) is 0 Å². The van der Waals surface area contributed by atoms with Crippen LogP contribution in [0.2, 0.25) is 0 Å². The Labute approximate surface area is 114 Å². The van der Waals surface area contributed by atoms with Gasteiger partial charge in [0.15, 0.2) is 0 Å². The van der Waals surface area contributed by atoms with E-state index < -0.39 is 0 Å². The lowest BCUT2D eigenvalue weighted by Crippen LogP contribution is -2.39. The fraction of sp³-hybridized carbons (Fsp3) is 0.533. The van der Waals surface area contributed by atoms with Gasteiger partial charge in [0.2, 0.25) is 5.91 Å². The number of benzene rings is 1. The topological polar surface area (TPSA) is 53.3 Å². The minimum Gasteiger partial charge on any atom is -0.367 e. The van der Waals surface area contributed by atoms with Gasteiger partial charge in [0.05, 0.1) is 6.61 Å². The zero-order valence-corrected chi connectivity index (χ0v) is 11.2. The predicted molar refractivity (Wildman–Crippen MR) is 73.4 cm³/mol. The summed E-state index contributed by atoms with van der Waals surface area (Å²) in [5.74, 6) is 0.00933. The molecule has 1 saturated heterocycles. The van der Waals surface area contributed by atoms with Crippen LogP contribution in [0.1, 0.15) is 24.8 Å². The molecule has 1 fully saturated rings. The molecule has 1 aromatic carbocycles. The Kier molecular flexibility index (Phi) is 5.36. The average Bonchev–Trinajstić information content (AvgIpc) is 2.64. The number of rotatable bonds is 4. The number of hydrogen-bond acceptors (Lipinski definition) is 2. The second-order valence-electron chi connectivity index (χ2n) is 5.01. The number of carbonyl (C=O) groups is 1. The van der Waals surface area contributed by atoms with Gasteiger partial charge in [-0.25, -0.2) is 0 Å². The van der Waals surface area contributed by atoms with E-state index in [1.807, 2.05) is 30.3 Å². The van der Waals surface area contributed by atoms with Crippen molar-refractivity contribution < 1.29 is 9.53 Å². The summed E-state index contributed by atoms with van der Waals surface area (Å²) >= 11 is 0. The fourth-order valence-electron chi connectivity index (χ4n) is 2.29. The number of likely N-dealkylation sites (tertiary alicyclic amines) is 1. The van der Waals surface area contributed by atoms with Gasteiger partial charge in [-0.2, -0.15) is 0 Å². The molecule has 1 heterocycles. The number of carbonyl (C=O) groups excluding carboxylic acids is 1. The summed E-state index contributed by atoms with van der Waals surface area (Å²) in [5.41, 5.74) is 8.89. The fourth-order valence-corrected chi connectivity index (χ4v) is 2.29. The van der Waals surface area contributed by atoms with Gasteiger partial charge in [0.25, 0.3) is 0 Å². The first kappa shape index (κ1) is 14.0. The van der Waals surface area contributed by atoms with Gasteiger partial charge in [-0.15, -0.1) is 0 Å². The van der Waals surface area contributed by atoms with Gasteiger partial charge in [-0.1, -0.05) is 36.8 Å². The molecule has 1 aliphatic rings. The molecule has 4 heteroatoms. The zero-order chi connectivity index (χ0) is 13.5. The largest absolute Gasteiger partial charge is 0.367 e. The Balaban J connectivity index is 1.74. The first-order chi connectivity index (χ1) is 9.25. The van der Waals surface area contributed by atoms with Gasteiger partial charge in [0.1, 0.15) is 6.61 Å². The van der Waals surface area contributed by atoms with Gasteiger partial charge in [-0.05, 0) is 18.4 Å². The van der Waals surface area contributed by atoms with Gasteiger partial charge in [-0.3, -0.25) is 10.5 Å². The van der Waals surface area contributed by atoms with Crippen LogP contribution in [0.5, 0.6) is 0 Å². The molecule has 2 rings (SSSR count). The van der Waals surface area contributed by atoms with E-state index in [2.05, 4.69) is 0 Å². The average molecular weight is 261 g/mol. The van der Waals surface area contributed by atoms with Gasteiger partial charge >= 0.3 is 0 Å². The third-order valence-electron chi connectivity index (χ3n) is 3.36. The zero-order valence-electron chi connectivity index (χ0n) is 11.2. The Morgan fingerprint density at radius 2 is 2.11 bits per heavy atom. The Morgan fingerprint density at radius 3 is 2.89 bits per heavy atom. The number of ether oxygens (including phenoxy) is 1. The molecule has 1 aliphatic heterocycles. The van der Waals surface area contributed by atoms with Crippen molar-refractivity contribution in [1.29, 1.82) is 0 Å². The molecule has 0 spiro atoms. The Bertz CT molecular complexity index is 394. The van der Waals surface area contributed by atoms with E-state index in [9.17, 15) is 4.79 Å². The quantitative estimate of drug-likeness (QED) is 0.830. The van der Waals surface area contributed by atoms with Crippen molar-refractivity contribution in [3.63, 3.8) is 0 Å². The predicted octanol–water partition coefficient (Wildman–Crippen LogP) is 1.87. The van der Waals surface area contributed by atoms with E-state index in [0.29, 0.717) is 13.2 Å². The van der Waals surface area contributed by atoms with E-state index in [-0.39, 0.29) is 18.6 Å². The molecule has 0 saturated carbocycles. The highest BCUT2D eigenvalue weighted by atomic mass is 16.5. The van der Waals surface area contributed by atoms with Crippen LogP contribution < -0.4 is 5.73 Å². The first-order valence-electron chi connectivity index (χ1n) is 6.86. The van der Waals surface area contributed by atoms with Crippen LogP contribution in [0, 0.1) is 0 Å². The molecule has 103 valence electrons. The minimum absolute atomic E-state index is 0.00933. The lowest BCUT2D eigenvalue weighted by Gasteiger charge is -2.22. The molecule has 0 aromatic heterocycles. The third-order valence-corrected chi connectivity index (χ3v) is 3.36. The lowest BCUT2D eigenvalue weighted by atomic mass is 10.2. The maximum Gasteiger partial charge on any atom is 0.248 e.